The molecule has 0 saturated carbocycles. The number of aliphatic hydroxyl groups is 3. The van der Waals surface area contributed by atoms with Crippen LogP contribution >= 0.6 is 23.1 Å². The van der Waals surface area contributed by atoms with Crippen LogP contribution in [0.2, 0.25) is 0 Å². The van der Waals surface area contributed by atoms with Gasteiger partial charge in [-0.25, -0.2) is 0 Å². The zero-order chi connectivity index (χ0) is 14.8. The fourth-order valence-corrected chi connectivity index (χ4v) is 3.86. The van der Waals surface area contributed by atoms with Crippen LogP contribution in [0.15, 0.2) is 35.8 Å². The van der Waals surface area contributed by atoms with E-state index >= 15 is 0 Å². The van der Waals surface area contributed by atoms with Crippen molar-refractivity contribution in [2.45, 2.75) is 23.7 Å². The van der Waals surface area contributed by atoms with Crippen LogP contribution in [0.1, 0.15) is 0 Å². The molecule has 112 valence electrons. The first kappa shape index (κ1) is 14.8. The number of hydrogen-bond donors (Lipinski definition) is 3. The lowest BCUT2D eigenvalue weighted by Gasteiger charge is -2.34. The van der Waals surface area contributed by atoms with Crippen molar-refractivity contribution in [3.05, 3.63) is 35.8 Å². The highest BCUT2D eigenvalue weighted by Crippen LogP contribution is 2.30. The number of ether oxygens (including phenoxy) is 1. The predicted octanol–water partition coefficient (Wildman–Crippen LogP) is 1.34. The van der Waals surface area contributed by atoms with E-state index in [0.29, 0.717) is 11.5 Å². The third kappa shape index (κ3) is 3.22. The van der Waals surface area contributed by atoms with E-state index in [1.807, 2.05) is 23.6 Å². The Labute approximate surface area is 130 Å². The number of hydrogen-bond acceptors (Lipinski definition) is 7. The van der Waals surface area contributed by atoms with Crippen molar-refractivity contribution in [1.82, 2.24) is 4.98 Å². The molecule has 0 radical (unpaired) electrons. The predicted molar refractivity (Wildman–Crippen MR) is 82.4 cm³/mol. The van der Waals surface area contributed by atoms with Gasteiger partial charge in [0.25, 0.3) is 0 Å². The van der Waals surface area contributed by atoms with Gasteiger partial charge in [0.1, 0.15) is 18.0 Å². The van der Waals surface area contributed by atoms with Gasteiger partial charge in [0, 0.05) is 5.75 Å². The molecule has 4 atom stereocenters. The highest BCUT2D eigenvalue weighted by molar-refractivity contribution is 7.99. The summed E-state index contributed by atoms with van der Waals surface area (Å²) in [5, 5.41) is 31.0. The monoisotopic (exact) mass is 325 g/mol. The molecule has 7 heteroatoms. The highest BCUT2D eigenvalue weighted by atomic mass is 32.2. The van der Waals surface area contributed by atoms with Crippen molar-refractivity contribution in [2.75, 3.05) is 5.75 Å². The van der Waals surface area contributed by atoms with E-state index in [4.69, 9.17) is 4.74 Å². The molecule has 1 aliphatic rings. The van der Waals surface area contributed by atoms with Gasteiger partial charge < -0.3 is 20.1 Å². The van der Waals surface area contributed by atoms with Gasteiger partial charge in [0.2, 0.25) is 0 Å². The molecule has 3 heterocycles. The molecule has 1 aliphatic heterocycles. The van der Waals surface area contributed by atoms with E-state index in [-0.39, 0.29) is 0 Å². The van der Waals surface area contributed by atoms with Crippen LogP contribution in [0.25, 0.3) is 10.6 Å². The van der Waals surface area contributed by atoms with Crippen LogP contribution in [-0.2, 0) is 0 Å². The van der Waals surface area contributed by atoms with Gasteiger partial charge in [-0.2, -0.15) is 0 Å². The zero-order valence-corrected chi connectivity index (χ0v) is 12.6. The Kier molecular flexibility index (Phi) is 4.46. The SMILES string of the molecule is O[C@@H]1[C@@H](O)[C@H](Oc2ccc(-c3cccs3)nc2)SC[C@H]1O. The van der Waals surface area contributed by atoms with Crippen LogP contribution in [0.4, 0.5) is 0 Å². The van der Waals surface area contributed by atoms with Gasteiger partial charge in [-0.1, -0.05) is 6.07 Å². The van der Waals surface area contributed by atoms with E-state index in [9.17, 15) is 15.3 Å². The van der Waals surface area contributed by atoms with Gasteiger partial charge in [0.15, 0.2) is 5.44 Å². The molecular weight excluding hydrogens is 310 g/mol. The van der Waals surface area contributed by atoms with Crippen LogP contribution in [-0.4, -0.2) is 49.8 Å². The maximum absolute atomic E-state index is 9.90. The molecule has 0 amide bonds. The number of thioether (sulfide) groups is 1. The van der Waals surface area contributed by atoms with Gasteiger partial charge >= 0.3 is 0 Å². The van der Waals surface area contributed by atoms with Gasteiger partial charge in [-0.3, -0.25) is 4.98 Å². The molecule has 5 nitrogen and oxygen atoms in total. The summed E-state index contributed by atoms with van der Waals surface area (Å²) in [5.74, 6) is 0.847. The highest BCUT2D eigenvalue weighted by Gasteiger charge is 2.38. The van der Waals surface area contributed by atoms with Crippen molar-refractivity contribution in [3.63, 3.8) is 0 Å². The summed E-state index contributed by atoms with van der Waals surface area (Å²) in [6.07, 6.45) is -1.64. The summed E-state index contributed by atoms with van der Waals surface area (Å²) in [4.78, 5) is 5.40. The van der Waals surface area contributed by atoms with E-state index in [1.165, 1.54) is 11.8 Å². The minimum absolute atomic E-state index is 0.323. The van der Waals surface area contributed by atoms with Crippen LogP contribution < -0.4 is 4.74 Å². The number of thiophene rings is 1. The first-order valence-electron chi connectivity index (χ1n) is 6.47. The van der Waals surface area contributed by atoms with Crippen LogP contribution in [0, 0.1) is 0 Å². The summed E-state index contributed by atoms with van der Waals surface area (Å²) < 4.78 is 5.64. The third-order valence-electron chi connectivity index (χ3n) is 3.22. The molecule has 2 aromatic heterocycles. The fraction of sp³-hybridized carbons (Fsp3) is 0.357. The normalized spacial score (nSPS) is 29.3. The molecule has 21 heavy (non-hydrogen) atoms. The average molecular weight is 325 g/mol. The number of rotatable bonds is 3. The Morgan fingerprint density at radius 2 is 2.00 bits per heavy atom. The van der Waals surface area contributed by atoms with Crippen molar-refractivity contribution in [2.24, 2.45) is 0 Å². The molecular formula is C14H15NO4S2. The molecule has 0 unspecified atom stereocenters. The lowest BCUT2D eigenvalue weighted by molar-refractivity contribution is -0.0786. The number of aliphatic hydroxyl groups excluding tert-OH is 3. The largest absolute Gasteiger partial charge is 0.475 e. The zero-order valence-electron chi connectivity index (χ0n) is 11.0. The summed E-state index contributed by atoms with van der Waals surface area (Å²) in [6, 6.07) is 7.60. The smallest absolute Gasteiger partial charge is 0.173 e. The maximum Gasteiger partial charge on any atom is 0.173 e. The molecule has 0 aromatic carbocycles. The Morgan fingerprint density at radius 3 is 2.67 bits per heavy atom. The first-order chi connectivity index (χ1) is 10.1. The Hall–Kier alpha value is -1.12. The summed E-state index contributed by atoms with van der Waals surface area (Å²) in [6.45, 7) is 0. The molecule has 0 aliphatic carbocycles. The number of nitrogens with zero attached hydrogens (tertiary/aromatic N) is 1. The van der Waals surface area contributed by atoms with Gasteiger partial charge in [-0.05, 0) is 23.6 Å². The number of pyridine rings is 1. The molecule has 2 aromatic rings. The quantitative estimate of drug-likeness (QED) is 0.790. The molecule has 1 fully saturated rings. The minimum atomic E-state index is -1.19. The second kappa shape index (κ2) is 6.33. The van der Waals surface area contributed by atoms with Crippen LogP contribution in [0.3, 0.4) is 0 Å². The van der Waals surface area contributed by atoms with E-state index < -0.39 is 23.7 Å². The first-order valence-corrected chi connectivity index (χ1v) is 8.40. The number of aromatic nitrogens is 1. The van der Waals surface area contributed by atoms with Gasteiger partial charge in [-0.15, -0.1) is 23.1 Å². The fourth-order valence-electron chi connectivity index (χ4n) is 2.04. The minimum Gasteiger partial charge on any atom is -0.475 e. The summed E-state index contributed by atoms with van der Waals surface area (Å²) >= 11 is 2.88. The standard InChI is InChI=1S/C14H15NO4S2/c16-10-7-21-14(13(18)12(10)17)19-8-3-4-9(15-6-8)11-2-1-5-20-11/h1-6,10,12-14,16-18H,7H2/t10-,12+,13-,14-/m1/s1. The molecule has 0 bridgehead atoms. The van der Waals surface area contributed by atoms with E-state index in [1.54, 1.807) is 23.6 Å². The lowest BCUT2D eigenvalue weighted by Crippen LogP contribution is -2.50. The summed E-state index contributed by atoms with van der Waals surface area (Å²) in [7, 11) is 0. The molecule has 1 saturated heterocycles. The van der Waals surface area contributed by atoms with Crippen molar-refractivity contribution < 1.29 is 20.1 Å². The van der Waals surface area contributed by atoms with Crippen molar-refractivity contribution in [1.29, 1.82) is 0 Å². The third-order valence-corrected chi connectivity index (χ3v) is 5.35. The second-order valence-corrected chi connectivity index (χ2v) is 6.80. The molecule has 3 N–H and O–H groups in total. The van der Waals surface area contributed by atoms with E-state index in [0.717, 1.165) is 10.6 Å². The Morgan fingerprint density at radius 1 is 1.14 bits per heavy atom. The summed E-state index contributed by atoms with van der Waals surface area (Å²) in [5.41, 5.74) is 0.252. The van der Waals surface area contributed by atoms with Crippen molar-refractivity contribution >= 4 is 23.1 Å². The second-order valence-electron chi connectivity index (χ2n) is 4.72. The topological polar surface area (TPSA) is 82.8 Å². The average Bonchev–Trinajstić information content (AvgIpc) is 3.03. The van der Waals surface area contributed by atoms with Crippen molar-refractivity contribution in [3.8, 4) is 16.3 Å². The maximum atomic E-state index is 9.90. The lowest BCUT2D eigenvalue weighted by atomic mass is 10.1. The van der Waals surface area contributed by atoms with Gasteiger partial charge in [0.05, 0.1) is 22.9 Å². The Balaban J connectivity index is 1.68. The van der Waals surface area contributed by atoms with E-state index in [2.05, 4.69) is 4.98 Å². The molecule has 0 spiro atoms. The van der Waals surface area contributed by atoms with Crippen LogP contribution in [0.5, 0.6) is 5.75 Å². The molecule has 3 rings (SSSR count). The Bertz CT molecular complexity index is 575.